The van der Waals surface area contributed by atoms with Crippen LogP contribution in [0.5, 0.6) is 0 Å². The van der Waals surface area contributed by atoms with Gasteiger partial charge in [-0.05, 0) is 23.3 Å². The van der Waals surface area contributed by atoms with Gasteiger partial charge in [-0.25, -0.2) is 0 Å². The van der Waals surface area contributed by atoms with Crippen molar-refractivity contribution in [1.29, 1.82) is 0 Å². The molecule has 0 aliphatic carbocycles. The molecule has 68 valence electrons. The zero-order valence-electron chi connectivity index (χ0n) is 7.85. The van der Waals surface area contributed by atoms with Crippen molar-refractivity contribution in [3.05, 3.63) is 59.6 Å². The average molecular weight is 181 g/mol. The standard InChI is InChI=1S/C13H11N/c1-2-5-12-10-13-6-3-8-14(13)9-7-11(12)4-1/h1-5,7-10H,6H2. The fraction of sp³-hybridized carbons (Fsp3) is 0.0769. The molecule has 0 unspecified atom stereocenters. The maximum atomic E-state index is 2.26. The normalized spacial score (nSPS) is 17.4. The molecular weight excluding hydrogens is 170 g/mol. The fourth-order valence-corrected chi connectivity index (χ4v) is 1.90. The van der Waals surface area contributed by atoms with E-state index < -0.39 is 0 Å². The van der Waals surface area contributed by atoms with E-state index >= 15 is 0 Å². The largest absolute Gasteiger partial charge is 0.328 e. The van der Waals surface area contributed by atoms with Gasteiger partial charge in [0.2, 0.25) is 0 Å². The summed E-state index contributed by atoms with van der Waals surface area (Å²) in [7, 11) is 0. The minimum Gasteiger partial charge on any atom is -0.328 e. The third kappa shape index (κ3) is 1.10. The summed E-state index contributed by atoms with van der Waals surface area (Å²) < 4.78 is 0. The summed E-state index contributed by atoms with van der Waals surface area (Å²) in [5.41, 5.74) is 3.96. The number of hydrogen-bond acceptors (Lipinski definition) is 1. The van der Waals surface area contributed by atoms with Crippen LogP contribution >= 0.6 is 0 Å². The number of fused-ring (bicyclic) bond motifs is 2. The van der Waals surface area contributed by atoms with Gasteiger partial charge in [0.15, 0.2) is 0 Å². The number of nitrogens with zero attached hydrogens (tertiary/aromatic N) is 1. The van der Waals surface area contributed by atoms with Gasteiger partial charge in [0.25, 0.3) is 0 Å². The molecule has 0 radical (unpaired) electrons. The van der Waals surface area contributed by atoms with Crippen molar-refractivity contribution in [2.24, 2.45) is 0 Å². The lowest BCUT2D eigenvalue weighted by atomic mass is 10.1. The molecule has 0 N–H and O–H groups in total. The van der Waals surface area contributed by atoms with E-state index in [9.17, 15) is 0 Å². The predicted molar refractivity (Wildman–Crippen MR) is 59.0 cm³/mol. The molecule has 1 aromatic carbocycles. The molecule has 1 heteroatoms. The van der Waals surface area contributed by atoms with Crippen molar-refractivity contribution in [3.63, 3.8) is 0 Å². The minimum absolute atomic E-state index is 1.04. The lowest BCUT2D eigenvalue weighted by Crippen LogP contribution is -2.01. The molecule has 0 aromatic heterocycles. The monoisotopic (exact) mass is 181 g/mol. The van der Waals surface area contributed by atoms with E-state index in [4.69, 9.17) is 0 Å². The van der Waals surface area contributed by atoms with E-state index in [0.717, 1.165) is 6.42 Å². The number of allylic oxidation sites excluding steroid dienone is 1. The van der Waals surface area contributed by atoms with Gasteiger partial charge in [-0.3, -0.25) is 0 Å². The van der Waals surface area contributed by atoms with Gasteiger partial charge in [0.05, 0.1) is 0 Å². The molecule has 0 fully saturated rings. The Morgan fingerprint density at radius 2 is 1.86 bits per heavy atom. The molecule has 3 rings (SSSR count). The summed E-state index contributed by atoms with van der Waals surface area (Å²) in [5, 5.41) is 0. The highest BCUT2D eigenvalue weighted by molar-refractivity contribution is 5.69. The van der Waals surface area contributed by atoms with Gasteiger partial charge in [-0.2, -0.15) is 0 Å². The smallest absolute Gasteiger partial charge is 0.0264 e. The van der Waals surface area contributed by atoms with E-state index in [0.29, 0.717) is 0 Å². The first kappa shape index (κ1) is 7.63. The second-order valence-electron chi connectivity index (χ2n) is 3.58. The molecule has 0 spiro atoms. The molecule has 0 atom stereocenters. The Hall–Kier alpha value is -1.76. The first-order valence-electron chi connectivity index (χ1n) is 4.86. The topological polar surface area (TPSA) is 3.24 Å². The average Bonchev–Trinajstić information content (AvgIpc) is 2.58. The van der Waals surface area contributed by atoms with E-state index in [2.05, 4.69) is 59.8 Å². The van der Waals surface area contributed by atoms with E-state index in [1.807, 2.05) is 0 Å². The molecular formula is C13H11N. The highest BCUT2D eigenvalue weighted by Crippen LogP contribution is 2.27. The highest BCUT2D eigenvalue weighted by atomic mass is 15.1. The van der Waals surface area contributed by atoms with Crippen LogP contribution in [0.3, 0.4) is 0 Å². The van der Waals surface area contributed by atoms with Crippen molar-refractivity contribution in [2.45, 2.75) is 6.42 Å². The molecule has 1 aromatic rings. The number of benzene rings is 1. The van der Waals surface area contributed by atoms with Crippen LogP contribution in [0, 0.1) is 0 Å². The van der Waals surface area contributed by atoms with Gasteiger partial charge < -0.3 is 4.90 Å². The molecule has 0 bridgehead atoms. The minimum atomic E-state index is 1.04. The molecule has 2 aliphatic rings. The molecule has 0 saturated heterocycles. The zero-order chi connectivity index (χ0) is 9.38. The molecule has 2 aliphatic heterocycles. The Bertz CT molecular complexity index is 452. The SMILES string of the molecule is C1=CN2C=Cc3ccccc3C=C2C1. The van der Waals surface area contributed by atoms with Crippen LogP contribution in [-0.4, -0.2) is 4.90 Å². The number of rotatable bonds is 0. The van der Waals surface area contributed by atoms with Gasteiger partial charge in [0.1, 0.15) is 0 Å². The first-order valence-corrected chi connectivity index (χ1v) is 4.86. The second-order valence-corrected chi connectivity index (χ2v) is 3.58. The van der Waals surface area contributed by atoms with Crippen molar-refractivity contribution in [1.82, 2.24) is 4.90 Å². The van der Waals surface area contributed by atoms with Crippen molar-refractivity contribution < 1.29 is 0 Å². The van der Waals surface area contributed by atoms with Gasteiger partial charge in [-0.1, -0.05) is 30.3 Å². The van der Waals surface area contributed by atoms with Crippen LogP contribution in [0.2, 0.25) is 0 Å². The molecule has 1 nitrogen and oxygen atoms in total. The van der Waals surface area contributed by atoms with Crippen LogP contribution < -0.4 is 0 Å². The first-order chi connectivity index (χ1) is 6.93. The van der Waals surface area contributed by atoms with E-state index in [1.165, 1.54) is 16.8 Å². The summed E-state index contributed by atoms with van der Waals surface area (Å²) in [6, 6.07) is 8.47. The van der Waals surface area contributed by atoms with Crippen molar-refractivity contribution in [3.8, 4) is 0 Å². The van der Waals surface area contributed by atoms with Crippen LogP contribution in [0.1, 0.15) is 17.5 Å². The summed E-state index contributed by atoms with van der Waals surface area (Å²) in [6.45, 7) is 0. The second kappa shape index (κ2) is 2.88. The van der Waals surface area contributed by atoms with Crippen LogP contribution in [0.15, 0.2) is 48.4 Å². The lowest BCUT2D eigenvalue weighted by Gasteiger charge is -2.10. The molecule has 0 saturated carbocycles. The van der Waals surface area contributed by atoms with Gasteiger partial charge in [0, 0.05) is 24.5 Å². The fourth-order valence-electron chi connectivity index (χ4n) is 1.90. The van der Waals surface area contributed by atoms with E-state index in [-0.39, 0.29) is 0 Å². The third-order valence-corrected chi connectivity index (χ3v) is 2.66. The Labute approximate surface area is 83.7 Å². The van der Waals surface area contributed by atoms with E-state index in [1.54, 1.807) is 0 Å². The Balaban J connectivity index is 2.17. The van der Waals surface area contributed by atoms with Crippen molar-refractivity contribution >= 4 is 12.2 Å². The third-order valence-electron chi connectivity index (χ3n) is 2.66. The molecule has 2 heterocycles. The predicted octanol–water partition coefficient (Wildman–Crippen LogP) is 3.23. The summed E-state index contributed by atoms with van der Waals surface area (Å²) >= 11 is 0. The summed E-state index contributed by atoms with van der Waals surface area (Å²) in [6.07, 6.45) is 11.9. The Morgan fingerprint density at radius 1 is 1.00 bits per heavy atom. The zero-order valence-corrected chi connectivity index (χ0v) is 7.85. The quantitative estimate of drug-likeness (QED) is 0.594. The maximum absolute atomic E-state index is 2.26. The van der Waals surface area contributed by atoms with Crippen LogP contribution in [0.25, 0.3) is 12.2 Å². The molecule has 14 heavy (non-hydrogen) atoms. The Kier molecular flexibility index (Phi) is 1.57. The van der Waals surface area contributed by atoms with Gasteiger partial charge in [-0.15, -0.1) is 0 Å². The van der Waals surface area contributed by atoms with Crippen LogP contribution in [0.4, 0.5) is 0 Å². The van der Waals surface area contributed by atoms with Crippen LogP contribution in [-0.2, 0) is 0 Å². The highest BCUT2D eigenvalue weighted by Gasteiger charge is 2.11. The molecule has 0 amide bonds. The summed E-state index contributed by atoms with van der Waals surface area (Å²) in [5.74, 6) is 0. The lowest BCUT2D eigenvalue weighted by molar-refractivity contribution is 0.658. The Morgan fingerprint density at radius 3 is 2.79 bits per heavy atom. The van der Waals surface area contributed by atoms with Gasteiger partial charge >= 0.3 is 0 Å². The summed E-state index contributed by atoms with van der Waals surface area (Å²) in [4.78, 5) is 2.18. The number of hydrogen-bond donors (Lipinski definition) is 0. The van der Waals surface area contributed by atoms with Crippen molar-refractivity contribution in [2.75, 3.05) is 0 Å². The maximum Gasteiger partial charge on any atom is 0.0264 e.